The van der Waals surface area contributed by atoms with E-state index in [2.05, 4.69) is 62.0 Å². The van der Waals surface area contributed by atoms with Gasteiger partial charge in [0.1, 0.15) is 24.0 Å². The van der Waals surface area contributed by atoms with Crippen LogP contribution in [0.1, 0.15) is 0 Å². The van der Waals surface area contributed by atoms with Crippen LogP contribution in [0.25, 0.3) is 44.8 Å². The van der Waals surface area contributed by atoms with E-state index in [0.717, 1.165) is 83.3 Å². The number of H-pyrrole nitrogens is 2. The van der Waals surface area contributed by atoms with Crippen molar-refractivity contribution in [2.75, 3.05) is 65.4 Å². The van der Waals surface area contributed by atoms with Crippen LogP contribution in [0.15, 0.2) is 60.7 Å². The van der Waals surface area contributed by atoms with Crippen molar-refractivity contribution >= 4 is 27.8 Å². The Hall–Kier alpha value is -3.88. The molecule has 5 aromatic rings. The van der Waals surface area contributed by atoms with E-state index in [1.54, 1.807) is 0 Å². The van der Waals surface area contributed by atoms with Crippen molar-refractivity contribution in [3.8, 4) is 28.5 Å². The Morgan fingerprint density at radius 1 is 0.784 bits per heavy atom. The first-order chi connectivity index (χ1) is 18.0. The fourth-order valence-corrected chi connectivity index (χ4v) is 4.74. The number of hydrogen-bond acceptors (Lipinski definition) is 6. The van der Waals surface area contributed by atoms with Gasteiger partial charge in [0.05, 0.1) is 22.1 Å². The molecule has 0 amide bonds. The van der Waals surface area contributed by atoms with Crippen molar-refractivity contribution in [2.45, 2.75) is 0 Å². The van der Waals surface area contributed by atoms with Crippen molar-refractivity contribution in [2.24, 2.45) is 0 Å². The minimum atomic E-state index is 0.665. The Labute approximate surface area is 216 Å². The third-order valence-electron chi connectivity index (χ3n) is 7.02. The van der Waals surface area contributed by atoms with E-state index in [0.29, 0.717) is 6.61 Å². The summed E-state index contributed by atoms with van der Waals surface area (Å²) in [6, 6.07) is 20.8. The van der Waals surface area contributed by atoms with Crippen molar-refractivity contribution in [3.63, 3.8) is 0 Å². The van der Waals surface area contributed by atoms with Crippen LogP contribution in [-0.4, -0.2) is 90.2 Å². The zero-order chi connectivity index (χ0) is 25.4. The van der Waals surface area contributed by atoms with Crippen LogP contribution in [0, 0.1) is 0 Å². The van der Waals surface area contributed by atoms with E-state index in [1.165, 1.54) is 5.69 Å². The van der Waals surface area contributed by atoms with E-state index >= 15 is 0 Å². The number of nitrogens with one attached hydrogen (secondary N) is 2. The van der Waals surface area contributed by atoms with E-state index in [9.17, 15) is 0 Å². The predicted octanol–water partition coefficient (Wildman–Crippen LogP) is 4.47. The summed E-state index contributed by atoms with van der Waals surface area (Å²) in [6.07, 6.45) is 0. The number of nitrogens with zero attached hydrogens (tertiary/aromatic N) is 5. The Morgan fingerprint density at radius 3 is 2.11 bits per heavy atom. The van der Waals surface area contributed by atoms with Gasteiger partial charge < -0.3 is 29.4 Å². The molecule has 0 aliphatic carbocycles. The lowest BCUT2D eigenvalue weighted by molar-refractivity contribution is 0.261. The number of piperazine rings is 1. The monoisotopic (exact) mass is 495 g/mol. The van der Waals surface area contributed by atoms with E-state index in [4.69, 9.17) is 14.7 Å². The number of ether oxygens (including phenoxy) is 1. The maximum Gasteiger partial charge on any atom is 0.138 e. The number of anilines is 1. The molecule has 0 saturated carbocycles. The molecule has 3 aromatic carbocycles. The summed E-state index contributed by atoms with van der Waals surface area (Å²) in [5, 5.41) is 0. The normalized spacial score (nSPS) is 14.8. The minimum Gasteiger partial charge on any atom is -0.492 e. The lowest BCUT2D eigenvalue weighted by atomic mass is 10.2. The molecule has 2 aromatic heterocycles. The Morgan fingerprint density at radius 2 is 1.41 bits per heavy atom. The van der Waals surface area contributed by atoms with E-state index < -0.39 is 0 Å². The second-order valence-electron chi connectivity index (χ2n) is 10.1. The van der Waals surface area contributed by atoms with Gasteiger partial charge in [-0.15, -0.1) is 0 Å². The molecule has 0 radical (unpaired) electrons. The number of rotatable bonds is 7. The number of benzene rings is 3. The quantitative estimate of drug-likeness (QED) is 0.347. The minimum absolute atomic E-state index is 0.665. The SMILES string of the molecule is CN(C)CCOc1ccc(-c2nc3ccc(-c4nc5ccc(N6CCN(C)CC6)cc5[nH]4)cc3[nH]2)cc1. The fraction of sp³-hybridized carbons (Fsp3) is 0.310. The molecule has 6 rings (SSSR count). The van der Waals surface area contributed by atoms with Crippen LogP contribution in [0.4, 0.5) is 5.69 Å². The molecule has 1 aliphatic heterocycles. The smallest absolute Gasteiger partial charge is 0.138 e. The zero-order valence-electron chi connectivity index (χ0n) is 21.7. The molecule has 190 valence electrons. The molecule has 1 fully saturated rings. The van der Waals surface area contributed by atoms with Gasteiger partial charge in [-0.25, -0.2) is 9.97 Å². The predicted molar refractivity (Wildman–Crippen MR) is 150 cm³/mol. The highest BCUT2D eigenvalue weighted by Crippen LogP contribution is 2.28. The highest BCUT2D eigenvalue weighted by Gasteiger charge is 2.16. The summed E-state index contributed by atoms with van der Waals surface area (Å²) in [4.78, 5) is 23.6. The summed E-state index contributed by atoms with van der Waals surface area (Å²) in [7, 11) is 6.26. The van der Waals surface area contributed by atoms with E-state index in [1.807, 2.05) is 44.4 Å². The average Bonchev–Trinajstić information content (AvgIpc) is 3.53. The van der Waals surface area contributed by atoms with Gasteiger partial charge in [0.2, 0.25) is 0 Å². The van der Waals surface area contributed by atoms with Crippen molar-refractivity contribution in [3.05, 3.63) is 60.7 Å². The van der Waals surface area contributed by atoms with Gasteiger partial charge in [0.15, 0.2) is 0 Å². The van der Waals surface area contributed by atoms with Gasteiger partial charge in [-0.1, -0.05) is 0 Å². The number of aromatic amines is 2. The maximum absolute atomic E-state index is 5.82. The number of aromatic nitrogens is 4. The Balaban J connectivity index is 1.21. The molecule has 1 aliphatic rings. The highest BCUT2D eigenvalue weighted by atomic mass is 16.5. The number of imidazole rings is 2. The average molecular weight is 496 g/mol. The van der Waals surface area contributed by atoms with Crippen LogP contribution in [0.5, 0.6) is 5.75 Å². The van der Waals surface area contributed by atoms with Gasteiger partial charge in [-0.2, -0.15) is 0 Å². The number of fused-ring (bicyclic) bond motifs is 2. The lowest BCUT2D eigenvalue weighted by Gasteiger charge is -2.34. The van der Waals surface area contributed by atoms with Crippen LogP contribution < -0.4 is 9.64 Å². The summed E-state index contributed by atoms with van der Waals surface area (Å²) in [6.45, 7) is 5.83. The molecule has 1 saturated heterocycles. The van der Waals surface area contributed by atoms with Crippen LogP contribution in [-0.2, 0) is 0 Å². The fourth-order valence-electron chi connectivity index (χ4n) is 4.74. The lowest BCUT2D eigenvalue weighted by Crippen LogP contribution is -2.44. The van der Waals surface area contributed by atoms with Gasteiger partial charge in [0, 0.05) is 49.5 Å². The van der Waals surface area contributed by atoms with E-state index in [-0.39, 0.29) is 0 Å². The van der Waals surface area contributed by atoms with Gasteiger partial charge in [-0.05, 0) is 81.8 Å². The van der Waals surface area contributed by atoms with Gasteiger partial charge in [0.25, 0.3) is 0 Å². The molecule has 8 heteroatoms. The van der Waals surface area contributed by atoms with Gasteiger partial charge in [-0.3, -0.25) is 0 Å². The molecule has 0 spiro atoms. The first-order valence-corrected chi connectivity index (χ1v) is 12.8. The summed E-state index contributed by atoms with van der Waals surface area (Å²) >= 11 is 0. The summed E-state index contributed by atoms with van der Waals surface area (Å²) < 4.78 is 5.82. The topological polar surface area (TPSA) is 76.3 Å². The van der Waals surface area contributed by atoms with Crippen molar-refractivity contribution in [1.29, 1.82) is 0 Å². The third-order valence-corrected chi connectivity index (χ3v) is 7.02. The maximum atomic E-state index is 5.82. The molecule has 8 nitrogen and oxygen atoms in total. The zero-order valence-corrected chi connectivity index (χ0v) is 21.7. The molecular formula is C29H33N7O. The van der Waals surface area contributed by atoms with Crippen LogP contribution in [0.2, 0.25) is 0 Å². The molecule has 0 unspecified atom stereocenters. The first-order valence-electron chi connectivity index (χ1n) is 12.8. The first kappa shape index (κ1) is 23.5. The van der Waals surface area contributed by atoms with Crippen molar-refractivity contribution < 1.29 is 4.74 Å². The largest absolute Gasteiger partial charge is 0.492 e. The Kier molecular flexibility index (Phi) is 6.28. The molecule has 0 atom stereocenters. The third kappa shape index (κ3) is 5.03. The Bertz CT molecular complexity index is 1510. The molecule has 2 N–H and O–H groups in total. The number of hydrogen-bond donors (Lipinski definition) is 2. The second-order valence-corrected chi connectivity index (χ2v) is 10.1. The van der Waals surface area contributed by atoms with Crippen molar-refractivity contribution in [1.82, 2.24) is 29.7 Å². The molecule has 0 bridgehead atoms. The summed E-state index contributed by atoms with van der Waals surface area (Å²) in [5.41, 5.74) is 7.26. The number of likely N-dealkylation sites (N-methyl/N-ethyl adjacent to an activating group) is 2. The second kappa shape index (κ2) is 9.88. The van der Waals surface area contributed by atoms with Crippen LogP contribution in [0.3, 0.4) is 0 Å². The molecule has 37 heavy (non-hydrogen) atoms. The summed E-state index contributed by atoms with van der Waals surface area (Å²) in [5.74, 6) is 2.57. The van der Waals surface area contributed by atoms with Crippen LogP contribution >= 0.6 is 0 Å². The standard InChI is InChI=1S/C29H33N7O/c1-34(2)16-17-37-23-8-4-20(5-9-23)28-30-24-10-6-21(18-26(24)32-28)29-31-25-11-7-22(19-27(25)33-29)36-14-12-35(3)13-15-36/h4-11,18-19H,12-17H2,1-3H3,(H,30,32)(H,31,33). The molecule has 3 heterocycles. The molecular weight excluding hydrogens is 462 g/mol. The highest BCUT2D eigenvalue weighted by molar-refractivity contribution is 5.87. The van der Waals surface area contributed by atoms with Gasteiger partial charge >= 0.3 is 0 Å².